The van der Waals surface area contributed by atoms with Gasteiger partial charge in [-0.15, -0.1) is 0 Å². The maximum Gasteiger partial charge on any atom is 0.245 e. The summed E-state index contributed by atoms with van der Waals surface area (Å²) < 4.78 is 7.24. The second-order valence-electron chi connectivity index (χ2n) is 2.70. The van der Waals surface area contributed by atoms with Gasteiger partial charge in [-0.25, -0.2) is 15.0 Å². The molecule has 0 atom stereocenters. The molecule has 1 aliphatic rings. The molecule has 0 aromatic carbocycles. The Kier molecular flexibility index (Phi) is 1.16. The molecule has 0 amide bonds. The molecule has 13 heavy (non-hydrogen) atoms. The molecule has 1 aliphatic heterocycles. The number of ether oxygens (including phenoxy) is 1. The number of aromatic nitrogens is 4. The maximum atomic E-state index is 5.36. The number of hydrogen-bond acceptors (Lipinski definition) is 4. The van der Waals surface area contributed by atoms with Crippen molar-refractivity contribution in [2.75, 3.05) is 0 Å². The van der Waals surface area contributed by atoms with Crippen LogP contribution in [0.1, 0.15) is 0 Å². The van der Waals surface area contributed by atoms with Crippen LogP contribution >= 0.6 is 0 Å². The average molecular weight is 174 g/mol. The van der Waals surface area contributed by atoms with E-state index in [2.05, 4.69) is 15.0 Å². The summed E-state index contributed by atoms with van der Waals surface area (Å²) in [5.41, 5.74) is 0.707. The van der Waals surface area contributed by atoms with E-state index in [1.54, 1.807) is 18.6 Å². The normalized spacial score (nSPS) is 12.9. The number of rotatable bonds is 0. The second kappa shape index (κ2) is 2.29. The summed E-state index contributed by atoms with van der Waals surface area (Å²) in [6.45, 7) is 0.459. The van der Waals surface area contributed by atoms with Gasteiger partial charge in [0.05, 0.1) is 0 Å². The SMILES string of the molecule is c1cnc2c(n1)OCn1ccnc1-2. The van der Waals surface area contributed by atoms with Crippen molar-refractivity contribution in [3.63, 3.8) is 0 Å². The van der Waals surface area contributed by atoms with Crippen LogP contribution in [-0.4, -0.2) is 19.5 Å². The highest BCUT2D eigenvalue weighted by Gasteiger charge is 2.19. The van der Waals surface area contributed by atoms with Crippen molar-refractivity contribution in [1.29, 1.82) is 0 Å². The van der Waals surface area contributed by atoms with Crippen LogP contribution in [0.15, 0.2) is 24.8 Å². The summed E-state index contributed by atoms with van der Waals surface area (Å²) >= 11 is 0. The third kappa shape index (κ3) is 0.837. The molecule has 0 saturated carbocycles. The van der Waals surface area contributed by atoms with Crippen molar-refractivity contribution < 1.29 is 4.74 Å². The van der Waals surface area contributed by atoms with Gasteiger partial charge < -0.3 is 4.74 Å². The summed E-state index contributed by atoms with van der Waals surface area (Å²) in [4.78, 5) is 12.4. The first kappa shape index (κ1) is 6.59. The van der Waals surface area contributed by atoms with Crippen LogP contribution in [0, 0.1) is 0 Å². The summed E-state index contributed by atoms with van der Waals surface area (Å²) in [6, 6.07) is 0. The fourth-order valence-corrected chi connectivity index (χ4v) is 1.35. The monoisotopic (exact) mass is 174 g/mol. The van der Waals surface area contributed by atoms with Crippen LogP contribution in [0.5, 0.6) is 5.88 Å². The average Bonchev–Trinajstić information content (AvgIpc) is 2.65. The molecule has 0 N–H and O–H groups in total. The Morgan fingerprint density at radius 3 is 3.08 bits per heavy atom. The summed E-state index contributed by atoms with van der Waals surface area (Å²) in [5.74, 6) is 1.37. The predicted octanol–water partition coefficient (Wildman–Crippen LogP) is 0.690. The molecule has 0 saturated heterocycles. The fourth-order valence-electron chi connectivity index (χ4n) is 1.35. The van der Waals surface area contributed by atoms with Crippen LogP contribution in [0.25, 0.3) is 11.5 Å². The van der Waals surface area contributed by atoms with E-state index in [-0.39, 0.29) is 0 Å². The molecular weight excluding hydrogens is 168 g/mol. The van der Waals surface area contributed by atoms with E-state index in [1.807, 2.05) is 10.8 Å². The van der Waals surface area contributed by atoms with Crippen LogP contribution in [-0.2, 0) is 6.73 Å². The number of hydrogen-bond donors (Lipinski definition) is 0. The number of fused-ring (bicyclic) bond motifs is 3. The molecule has 0 unspecified atom stereocenters. The van der Waals surface area contributed by atoms with E-state index >= 15 is 0 Å². The zero-order valence-electron chi connectivity index (χ0n) is 6.71. The highest BCUT2D eigenvalue weighted by atomic mass is 16.5. The topological polar surface area (TPSA) is 52.8 Å². The van der Waals surface area contributed by atoms with Crippen molar-refractivity contribution >= 4 is 0 Å². The molecule has 3 rings (SSSR count). The molecule has 3 heterocycles. The predicted molar refractivity (Wildman–Crippen MR) is 43.9 cm³/mol. The lowest BCUT2D eigenvalue weighted by atomic mass is 10.4. The molecule has 0 radical (unpaired) electrons. The zero-order chi connectivity index (χ0) is 8.67. The molecule has 64 valence electrons. The van der Waals surface area contributed by atoms with Gasteiger partial charge >= 0.3 is 0 Å². The van der Waals surface area contributed by atoms with E-state index in [4.69, 9.17) is 4.74 Å². The number of imidazole rings is 1. The lowest BCUT2D eigenvalue weighted by Crippen LogP contribution is -2.13. The highest BCUT2D eigenvalue weighted by Crippen LogP contribution is 2.27. The fraction of sp³-hybridized carbons (Fsp3) is 0.125. The van der Waals surface area contributed by atoms with Crippen LogP contribution in [0.2, 0.25) is 0 Å². The van der Waals surface area contributed by atoms with Gasteiger partial charge in [-0.1, -0.05) is 0 Å². The third-order valence-corrected chi connectivity index (χ3v) is 1.93. The number of nitrogens with zero attached hydrogens (tertiary/aromatic N) is 4. The van der Waals surface area contributed by atoms with Gasteiger partial charge in [0.2, 0.25) is 5.88 Å². The molecule has 0 spiro atoms. The van der Waals surface area contributed by atoms with E-state index in [0.717, 1.165) is 5.82 Å². The zero-order valence-corrected chi connectivity index (χ0v) is 6.71. The van der Waals surface area contributed by atoms with E-state index in [0.29, 0.717) is 18.3 Å². The molecule has 0 aliphatic carbocycles. The molecule has 5 heteroatoms. The lowest BCUT2D eigenvalue weighted by molar-refractivity contribution is 0.218. The van der Waals surface area contributed by atoms with Crippen LogP contribution < -0.4 is 4.74 Å². The Bertz CT molecular complexity index is 451. The minimum atomic E-state index is 0.459. The molecule has 2 aromatic rings. The standard InChI is InChI=1S/C8H6N4O/c1-2-11-8-6(9-1)7-10-3-4-12(7)5-13-8/h1-4H,5H2. The highest BCUT2D eigenvalue weighted by molar-refractivity contribution is 5.57. The molecule has 2 aromatic heterocycles. The Labute approximate surface area is 74.0 Å². The van der Waals surface area contributed by atoms with E-state index in [1.165, 1.54) is 0 Å². The van der Waals surface area contributed by atoms with Gasteiger partial charge in [-0.05, 0) is 0 Å². The minimum Gasteiger partial charge on any atom is -0.454 e. The van der Waals surface area contributed by atoms with Gasteiger partial charge in [0.1, 0.15) is 0 Å². The van der Waals surface area contributed by atoms with E-state index in [9.17, 15) is 0 Å². The van der Waals surface area contributed by atoms with Crippen molar-refractivity contribution in [3.05, 3.63) is 24.8 Å². The Morgan fingerprint density at radius 1 is 1.15 bits per heavy atom. The second-order valence-corrected chi connectivity index (χ2v) is 2.70. The van der Waals surface area contributed by atoms with Gasteiger partial charge in [0, 0.05) is 24.8 Å². The minimum absolute atomic E-state index is 0.459. The largest absolute Gasteiger partial charge is 0.454 e. The summed E-state index contributed by atoms with van der Waals surface area (Å²) in [7, 11) is 0. The van der Waals surface area contributed by atoms with Crippen LogP contribution in [0.4, 0.5) is 0 Å². The van der Waals surface area contributed by atoms with Gasteiger partial charge in [0.25, 0.3) is 0 Å². The van der Waals surface area contributed by atoms with Crippen LogP contribution in [0.3, 0.4) is 0 Å². The Morgan fingerprint density at radius 2 is 2.08 bits per heavy atom. The molecule has 0 bridgehead atoms. The summed E-state index contributed by atoms with van der Waals surface area (Å²) in [5, 5.41) is 0. The van der Waals surface area contributed by atoms with Gasteiger partial charge in [0.15, 0.2) is 18.2 Å². The first-order valence-electron chi connectivity index (χ1n) is 3.90. The van der Waals surface area contributed by atoms with Crippen molar-refractivity contribution in [1.82, 2.24) is 19.5 Å². The smallest absolute Gasteiger partial charge is 0.245 e. The first-order chi connectivity index (χ1) is 6.45. The van der Waals surface area contributed by atoms with E-state index < -0.39 is 0 Å². The third-order valence-electron chi connectivity index (χ3n) is 1.93. The maximum absolute atomic E-state index is 5.36. The van der Waals surface area contributed by atoms with Gasteiger partial charge in [-0.3, -0.25) is 4.57 Å². The molecule has 5 nitrogen and oxygen atoms in total. The first-order valence-corrected chi connectivity index (χ1v) is 3.90. The molecular formula is C8H6N4O. The van der Waals surface area contributed by atoms with Crippen molar-refractivity contribution in [3.8, 4) is 17.4 Å². The summed E-state index contributed by atoms with van der Waals surface area (Å²) in [6.07, 6.45) is 6.82. The Balaban J connectivity index is 2.30. The lowest BCUT2D eigenvalue weighted by Gasteiger charge is -2.16. The van der Waals surface area contributed by atoms with Crippen molar-refractivity contribution in [2.24, 2.45) is 0 Å². The van der Waals surface area contributed by atoms with Gasteiger partial charge in [-0.2, -0.15) is 0 Å². The Hall–Kier alpha value is -1.91. The quantitative estimate of drug-likeness (QED) is 0.589. The van der Waals surface area contributed by atoms with Crippen molar-refractivity contribution in [2.45, 2.75) is 6.73 Å². The molecule has 0 fully saturated rings.